The molecule has 0 bridgehead atoms. The summed E-state index contributed by atoms with van der Waals surface area (Å²) in [6.45, 7) is 0.470. The first-order valence-corrected chi connectivity index (χ1v) is 8.29. The first kappa shape index (κ1) is 14.8. The summed E-state index contributed by atoms with van der Waals surface area (Å²) in [5, 5.41) is 16.4. The van der Waals surface area contributed by atoms with Gasteiger partial charge in [0.1, 0.15) is 5.82 Å². The fourth-order valence-electron chi connectivity index (χ4n) is 3.44. The van der Waals surface area contributed by atoms with Crippen LogP contribution in [0.5, 0.6) is 0 Å². The van der Waals surface area contributed by atoms with Gasteiger partial charge in [-0.2, -0.15) is 5.21 Å². The minimum atomic E-state index is -0.193. The number of nitrogens with one attached hydrogen (secondary N) is 1. The fourth-order valence-corrected chi connectivity index (χ4v) is 3.44. The van der Waals surface area contributed by atoms with Gasteiger partial charge in [0.05, 0.1) is 6.54 Å². The molecular formula is C20H14FN5. The summed E-state index contributed by atoms with van der Waals surface area (Å²) in [5.74, 6) is 0.361. The summed E-state index contributed by atoms with van der Waals surface area (Å²) in [7, 11) is 0. The van der Waals surface area contributed by atoms with Gasteiger partial charge in [-0.3, -0.25) is 0 Å². The van der Waals surface area contributed by atoms with Gasteiger partial charge in [-0.25, -0.2) is 4.39 Å². The molecule has 0 aliphatic heterocycles. The van der Waals surface area contributed by atoms with Gasteiger partial charge in [0, 0.05) is 32.9 Å². The van der Waals surface area contributed by atoms with E-state index in [4.69, 9.17) is 0 Å². The van der Waals surface area contributed by atoms with E-state index in [0.717, 1.165) is 27.4 Å². The van der Waals surface area contributed by atoms with Crippen LogP contribution in [0.25, 0.3) is 33.2 Å². The number of hydrogen-bond donors (Lipinski definition) is 1. The molecule has 2 aromatic heterocycles. The second-order valence-electron chi connectivity index (χ2n) is 6.16. The summed E-state index contributed by atoms with van der Waals surface area (Å²) < 4.78 is 16.3. The number of halogens is 1. The van der Waals surface area contributed by atoms with Crippen LogP contribution in [0.15, 0.2) is 66.7 Å². The molecular weight excluding hydrogens is 329 g/mol. The predicted molar refractivity (Wildman–Crippen MR) is 98.1 cm³/mol. The molecule has 126 valence electrons. The molecule has 0 aliphatic carbocycles. The number of aromatic amines is 1. The van der Waals surface area contributed by atoms with E-state index in [1.807, 2.05) is 36.4 Å². The molecule has 1 N–H and O–H groups in total. The lowest BCUT2D eigenvalue weighted by Crippen LogP contribution is -2.01. The number of H-pyrrole nitrogens is 1. The van der Waals surface area contributed by atoms with Crippen LogP contribution >= 0.6 is 0 Å². The van der Waals surface area contributed by atoms with E-state index < -0.39 is 0 Å². The highest BCUT2D eigenvalue weighted by Crippen LogP contribution is 2.32. The number of nitrogens with zero attached hydrogens (tertiary/aromatic N) is 4. The molecule has 0 saturated heterocycles. The molecule has 0 radical (unpaired) electrons. The summed E-state index contributed by atoms with van der Waals surface area (Å²) in [5.41, 5.74) is 3.66. The number of benzene rings is 3. The number of hydrogen-bond acceptors (Lipinski definition) is 3. The van der Waals surface area contributed by atoms with E-state index in [0.29, 0.717) is 17.9 Å². The van der Waals surface area contributed by atoms with E-state index in [9.17, 15) is 4.39 Å². The Balaban J connectivity index is 1.75. The first-order valence-electron chi connectivity index (χ1n) is 8.29. The molecule has 3 aromatic carbocycles. The van der Waals surface area contributed by atoms with Crippen molar-refractivity contribution in [1.82, 2.24) is 25.2 Å². The SMILES string of the molecule is Fc1ccccc1Cn1c2ccccc2c2cc(-c3nn[nH]n3)ccc21. The molecule has 0 unspecified atom stereocenters. The maximum atomic E-state index is 14.2. The smallest absolute Gasteiger partial charge is 0.204 e. The summed E-state index contributed by atoms with van der Waals surface area (Å²) in [4.78, 5) is 0. The first-order chi connectivity index (χ1) is 12.8. The predicted octanol–water partition coefficient (Wildman–Crippen LogP) is 4.16. The van der Waals surface area contributed by atoms with Gasteiger partial charge in [0.2, 0.25) is 5.82 Å². The molecule has 0 amide bonds. The lowest BCUT2D eigenvalue weighted by atomic mass is 10.1. The highest BCUT2D eigenvalue weighted by Gasteiger charge is 2.14. The van der Waals surface area contributed by atoms with E-state index in [1.165, 1.54) is 6.07 Å². The second kappa shape index (κ2) is 5.77. The Labute approximate surface area is 148 Å². The average Bonchev–Trinajstić information content (AvgIpc) is 3.31. The highest BCUT2D eigenvalue weighted by atomic mass is 19.1. The molecule has 5 rings (SSSR count). The minimum Gasteiger partial charge on any atom is -0.336 e. The van der Waals surface area contributed by atoms with Crippen LogP contribution in [-0.4, -0.2) is 25.2 Å². The molecule has 26 heavy (non-hydrogen) atoms. The van der Waals surface area contributed by atoms with Crippen molar-refractivity contribution in [3.8, 4) is 11.4 Å². The third kappa shape index (κ3) is 2.27. The third-order valence-corrected chi connectivity index (χ3v) is 4.66. The maximum absolute atomic E-state index is 14.2. The van der Waals surface area contributed by atoms with Crippen molar-refractivity contribution in [1.29, 1.82) is 0 Å². The standard InChI is InChI=1S/C20H14FN5/c21-17-7-3-1-5-14(17)12-26-18-8-4-2-6-15(18)16-11-13(9-10-19(16)26)20-22-24-25-23-20/h1-11H,12H2,(H,22,23,24,25). The van der Waals surface area contributed by atoms with Gasteiger partial charge in [0.25, 0.3) is 0 Å². The molecule has 6 heteroatoms. The topological polar surface area (TPSA) is 59.4 Å². The van der Waals surface area contributed by atoms with Crippen LogP contribution in [0.3, 0.4) is 0 Å². The van der Waals surface area contributed by atoms with Crippen molar-refractivity contribution in [3.05, 3.63) is 78.1 Å². The van der Waals surface area contributed by atoms with Crippen LogP contribution in [-0.2, 0) is 6.54 Å². The fraction of sp³-hybridized carbons (Fsp3) is 0.0500. The van der Waals surface area contributed by atoms with Gasteiger partial charge >= 0.3 is 0 Å². The van der Waals surface area contributed by atoms with Crippen molar-refractivity contribution in [2.24, 2.45) is 0 Å². The second-order valence-corrected chi connectivity index (χ2v) is 6.16. The van der Waals surface area contributed by atoms with Crippen molar-refractivity contribution < 1.29 is 4.39 Å². The van der Waals surface area contributed by atoms with E-state index in [-0.39, 0.29) is 5.82 Å². The van der Waals surface area contributed by atoms with E-state index in [2.05, 4.69) is 43.4 Å². The van der Waals surface area contributed by atoms with Crippen LogP contribution in [0, 0.1) is 5.82 Å². The largest absolute Gasteiger partial charge is 0.336 e. The normalized spacial score (nSPS) is 11.4. The Kier molecular flexibility index (Phi) is 3.28. The Hall–Kier alpha value is -3.54. The summed E-state index contributed by atoms with van der Waals surface area (Å²) in [6.07, 6.45) is 0. The quantitative estimate of drug-likeness (QED) is 0.535. The minimum absolute atomic E-state index is 0.193. The third-order valence-electron chi connectivity index (χ3n) is 4.66. The van der Waals surface area contributed by atoms with Gasteiger partial charge in [-0.1, -0.05) is 36.4 Å². The lowest BCUT2D eigenvalue weighted by Gasteiger charge is -2.09. The van der Waals surface area contributed by atoms with Crippen LogP contribution in [0.2, 0.25) is 0 Å². The molecule has 0 aliphatic rings. The van der Waals surface area contributed by atoms with Crippen molar-refractivity contribution in [2.45, 2.75) is 6.54 Å². The van der Waals surface area contributed by atoms with Crippen LogP contribution in [0.4, 0.5) is 4.39 Å². The summed E-state index contributed by atoms with van der Waals surface area (Å²) in [6, 6.07) is 21.1. The highest BCUT2D eigenvalue weighted by molar-refractivity contribution is 6.09. The number of rotatable bonds is 3. The number of para-hydroxylation sites is 1. The molecule has 5 aromatic rings. The maximum Gasteiger partial charge on any atom is 0.204 e. The van der Waals surface area contributed by atoms with Gasteiger partial charge in [-0.05, 0) is 35.5 Å². The molecule has 0 saturated carbocycles. The Morgan fingerprint density at radius 3 is 2.54 bits per heavy atom. The molecule has 0 atom stereocenters. The zero-order valence-corrected chi connectivity index (χ0v) is 13.7. The van der Waals surface area contributed by atoms with Gasteiger partial charge < -0.3 is 4.57 Å². The van der Waals surface area contributed by atoms with Crippen molar-refractivity contribution in [2.75, 3.05) is 0 Å². The molecule has 0 fully saturated rings. The Bertz CT molecular complexity index is 1220. The number of aromatic nitrogens is 5. The van der Waals surface area contributed by atoms with E-state index in [1.54, 1.807) is 6.07 Å². The monoisotopic (exact) mass is 343 g/mol. The Morgan fingerprint density at radius 1 is 0.885 bits per heavy atom. The zero-order chi connectivity index (χ0) is 17.5. The molecule has 2 heterocycles. The Morgan fingerprint density at radius 2 is 1.69 bits per heavy atom. The number of fused-ring (bicyclic) bond motifs is 3. The molecule has 5 nitrogen and oxygen atoms in total. The van der Waals surface area contributed by atoms with Crippen LogP contribution in [0.1, 0.15) is 5.56 Å². The van der Waals surface area contributed by atoms with E-state index >= 15 is 0 Å². The van der Waals surface area contributed by atoms with Crippen molar-refractivity contribution >= 4 is 21.8 Å². The van der Waals surface area contributed by atoms with Crippen LogP contribution < -0.4 is 0 Å². The zero-order valence-electron chi connectivity index (χ0n) is 13.7. The average molecular weight is 343 g/mol. The van der Waals surface area contributed by atoms with Gasteiger partial charge in [0.15, 0.2) is 0 Å². The number of tetrazole rings is 1. The van der Waals surface area contributed by atoms with Crippen molar-refractivity contribution in [3.63, 3.8) is 0 Å². The lowest BCUT2D eigenvalue weighted by molar-refractivity contribution is 0.604. The van der Waals surface area contributed by atoms with Gasteiger partial charge in [-0.15, -0.1) is 10.2 Å². The summed E-state index contributed by atoms with van der Waals surface area (Å²) >= 11 is 0. The molecule has 0 spiro atoms.